The molecule has 3 rings (SSSR count). The molecule has 1 fully saturated rings. The van der Waals surface area contributed by atoms with Crippen LogP contribution in [0.15, 0.2) is 35.1 Å². The first-order valence-corrected chi connectivity index (χ1v) is 8.06. The third-order valence-electron chi connectivity index (χ3n) is 4.19. The van der Waals surface area contributed by atoms with Crippen LogP contribution in [0.2, 0.25) is 0 Å². The van der Waals surface area contributed by atoms with Gasteiger partial charge in [0.05, 0.1) is 18.2 Å². The third kappa shape index (κ3) is 3.26. The predicted octanol–water partition coefficient (Wildman–Crippen LogP) is 2.33. The molecule has 0 bridgehead atoms. The van der Waals surface area contributed by atoms with E-state index >= 15 is 0 Å². The second-order valence-electron chi connectivity index (χ2n) is 5.83. The molecule has 1 aromatic carbocycles. The maximum Gasteiger partial charge on any atom is 0.255 e. The normalized spacial score (nSPS) is 14.0. The van der Waals surface area contributed by atoms with Gasteiger partial charge < -0.3 is 4.90 Å². The minimum absolute atomic E-state index is 0.0267. The highest BCUT2D eigenvalue weighted by atomic mass is 16.1. The molecular formula is C18H20N4O. The number of hydrogen-bond donors (Lipinski definition) is 0. The summed E-state index contributed by atoms with van der Waals surface area (Å²) in [7, 11) is 0. The van der Waals surface area contributed by atoms with Crippen LogP contribution in [-0.2, 0) is 13.0 Å². The summed E-state index contributed by atoms with van der Waals surface area (Å²) in [6.45, 7) is 4.34. The summed E-state index contributed by atoms with van der Waals surface area (Å²) in [4.78, 5) is 19.5. The number of nitriles is 1. The summed E-state index contributed by atoms with van der Waals surface area (Å²) < 4.78 is 1.72. The third-order valence-corrected chi connectivity index (χ3v) is 4.19. The van der Waals surface area contributed by atoms with Gasteiger partial charge in [-0.1, -0.05) is 19.1 Å². The monoisotopic (exact) mass is 308 g/mol. The van der Waals surface area contributed by atoms with E-state index in [1.54, 1.807) is 16.7 Å². The Morgan fingerprint density at radius 1 is 1.26 bits per heavy atom. The van der Waals surface area contributed by atoms with Crippen molar-refractivity contribution >= 4 is 5.95 Å². The Morgan fingerprint density at radius 2 is 2.04 bits per heavy atom. The largest absolute Gasteiger partial charge is 0.342 e. The van der Waals surface area contributed by atoms with Crippen molar-refractivity contribution in [3.05, 3.63) is 57.5 Å². The van der Waals surface area contributed by atoms with E-state index < -0.39 is 0 Å². The minimum Gasteiger partial charge on any atom is -0.342 e. The number of nitrogens with zero attached hydrogens (tertiary/aromatic N) is 4. The summed E-state index contributed by atoms with van der Waals surface area (Å²) in [6.07, 6.45) is 3.02. The van der Waals surface area contributed by atoms with E-state index in [1.807, 2.05) is 25.1 Å². The summed E-state index contributed by atoms with van der Waals surface area (Å²) in [6, 6.07) is 11.1. The van der Waals surface area contributed by atoms with Gasteiger partial charge in [0.15, 0.2) is 0 Å². The van der Waals surface area contributed by atoms with Crippen LogP contribution in [0.1, 0.15) is 36.6 Å². The highest BCUT2D eigenvalue weighted by molar-refractivity contribution is 5.37. The van der Waals surface area contributed by atoms with E-state index in [0.29, 0.717) is 12.1 Å². The van der Waals surface area contributed by atoms with Gasteiger partial charge >= 0.3 is 0 Å². The maximum absolute atomic E-state index is 12.6. The summed E-state index contributed by atoms with van der Waals surface area (Å²) in [5.41, 5.74) is 2.36. The second kappa shape index (κ2) is 6.66. The van der Waals surface area contributed by atoms with Crippen molar-refractivity contribution in [2.24, 2.45) is 0 Å². The lowest BCUT2D eigenvalue weighted by atomic mass is 10.1. The number of hydrogen-bond acceptors (Lipinski definition) is 4. The van der Waals surface area contributed by atoms with Crippen LogP contribution in [0.25, 0.3) is 0 Å². The van der Waals surface area contributed by atoms with Gasteiger partial charge in [-0.25, -0.2) is 4.98 Å². The van der Waals surface area contributed by atoms with Gasteiger partial charge in [0.1, 0.15) is 0 Å². The first-order chi connectivity index (χ1) is 11.2. The first kappa shape index (κ1) is 15.3. The average Bonchev–Trinajstić information content (AvgIpc) is 3.11. The molecule has 0 unspecified atom stereocenters. The van der Waals surface area contributed by atoms with Gasteiger partial charge in [-0.2, -0.15) is 5.26 Å². The lowest BCUT2D eigenvalue weighted by Gasteiger charge is -2.22. The van der Waals surface area contributed by atoms with Crippen LogP contribution in [0.4, 0.5) is 5.95 Å². The van der Waals surface area contributed by atoms with Crippen LogP contribution in [0.5, 0.6) is 0 Å². The molecule has 5 nitrogen and oxygen atoms in total. The van der Waals surface area contributed by atoms with E-state index in [0.717, 1.165) is 49.6 Å². The smallest absolute Gasteiger partial charge is 0.255 e. The molecule has 0 aliphatic carbocycles. The van der Waals surface area contributed by atoms with Crippen LogP contribution in [0.3, 0.4) is 0 Å². The number of benzene rings is 1. The fourth-order valence-corrected chi connectivity index (χ4v) is 2.95. The lowest BCUT2D eigenvalue weighted by molar-refractivity contribution is 0.696. The van der Waals surface area contributed by atoms with Gasteiger partial charge in [-0.15, -0.1) is 0 Å². The summed E-state index contributed by atoms with van der Waals surface area (Å²) in [5.74, 6) is 0.759. The fourth-order valence-electron chi connectivity index (χ4n) is 2.95. The van der Waals surface area contributed by atoms with Crippen LogP contribution < -0.4 is 10.5 Å². The molecule has 118 valence electrons. The Labute approximate surface area is 135 Å². The van der Waals surface area contributed by atoms with Crippen molar-refractivity contribution in [3.63, 3.8) is 0 Å². The van der Waals surface area contributed by atoms with Crippen molar-refractivity contribution in [2.75, 3.05) is 18.0 Å². The molecule has 0 amide bonds. The fraction of sp³-hybridized carbons (Fsp3) is 0.389. The molecule has 0 radical (unpaired) electrons. The topological polar surface area (TPSA) is 61.9 Å². The maximum atomic E-state index is 12.6. The Bertz CT molecular complexity index is 797. The standard InChI is InChI=1S/C18H20N4O/c1-2-16-11-17(23)22(18(20-16)21-8-3-4-9-21)13-15-7-5-6-14(10-15)12-19/h5-7,10-11H,2-4,8-9,13H2,1H3. The molecule has 2 heterocycles. The molecule has 1 aromatic heterocycles. The Balaban J connectivity index is 2.03. The lowest BCUT2D eigenvalue weighted by Crippen LogP contribution is -2.31. The zero-order valence-electron chi connectivity index (χ0n) is 13.3. The molecule has 0 N–H and O–H groups in total. The van der Waals surface area contributed by atoms with Crippen molar-refractivity contribution in [2.45, 2.75) is 32.7 Å². The van der Waals surface area contributed by atoms with Crippen molar-refractivity contribution in [1.29, 1.82) is 5.26 Å². The van der Waals surface area contributed by atoms with E-state index in [2.05, 4.69) is 11.0 Å². The van der Waals surface area contributed by atoms with Gasteiger partial charge in [0.2, 0.25) is 5.95 Å². The van der Waals surface area contributed by atoms with E-state index in [9.17, 15) is 4.79 Å². The quantitative estimate of drug-likeness (QED) is 0.869. The SMILES string of the molecule is CCc1cc(=O)n(Cc2cccc(C#N)c2)c(N2CCCC2)n1. The Morgan fingerprint density at radius 3 is 2.74 bits per heavy atom. The molecule has 0 saturated carbocycles. The van der Waals surface area contributed by atoms with Crippen LogP contribution in [0, 0.1) is 11.3 Å². The summed E-state index contributed by atoms with van der Waals surface area (Å²) >= 11 is 0. The Hall–Kier alpha value is -2.61. The second-order valence-corrected chi connectivity index (χ2v) is 5.83. The minimum atomic E-state index is -0.0267. The highest BCUT2D eigenvalue weighted by Crippen LogP contribution is 2.18. The number of aryl methyl sites for hydroxylation is 1. The molecule has 2 aromatic rings. The van der Waals surface area contributed by atoms with E-state index in [1.165, 1.54) is 0 Å². The number of anilines is 1. The number of rotatable bonds is 4. The highest BCUT2D eigenvalue weighted by Gasteiger charge is 2.19. The molecular weight excluding hydrogens is 288 g/mol. The van der Waals surface area contributed by atoms with Crippen molar-refractivity contribution in [1.82, 2.24) is 9.55 Å². The van der Waals surface area contributed by atoms with E-state index in [4.69, 9.17) is 10.2 Å². The zero-order chi connectivity index (χ0) is 16.2. The van der Waals surface area contributed by atoms with Gasteiger partial charge in [-0.05, 0) is 37.0 Å². The zero-order valence-corrected chi connectivity index (χ0v) is 13.3. The van der Waals surface area contributed by atoms with Crippen LogP contribution >= 0.6 is 0 Å². The van der Waals surface area contributed by atoms with Crippen molar-refractivity contribution in [3.8, 4) is 6.07 Å². The molecule has 0 atom stereocenters. The molecule has 1 saturated heterocycles. The van der Waals surface area contributed by atoms with Gasteiger partial charge in [-0.3, -0.25) is 9.36 Å². The van der Waals surface area contributed by atoms with Crippen LogP contribution in [-0.4, -0.2) is 22.6 Å². The average molecular weight is 308 g/mol. The number of aromatic nitrogens is 2. The summed E-state index contributed by atoms with van der Waals surface area (Å²) in [5, 5.41) is 9.04. The van der Waals surface area contributed by atoms with Gasteiger partial charge in [0.25, 0.3) is 5.56 Å². The molecule has 1 aliphatic heterocycles. The first-order valence-electron chi connectivity index (χ1n) is 8.06. The Kier molecular flexibility index (Phi) is 4.42. The predicted molar refractivity (Wildman–Crippen MR) is 89.6 cm³/mol. The molecule has 23 heavy (non-hydrogen) atoms. The molecule has 5 heteroatoms. The molecule has 1 aliphatic rings. The van der Waals surface area contributed by atoms with E-state index in [-0.39, 0.29) is 5.56 Å². The van der Waals surface area contributed by atoms with Gasteiger partial charge in [0, 0.05) is 24.8 Å². The van der Waals surface area contributed by atoms with Crippen molar-refractivity contribution < 1.29 is 0 Å². The molecule has 0 spiro atoms.